The van der Waals surface area contributed by atoms with E-state index in [1.807, 2.05) is 18.2 Å². The summed E-state index contributed by atoms with van der Waals surface area (Å²) in [6.07, 6.45) is 0. The average Bonchev–Trinajstić information content (AvgIpc) is 2.93. The van der Waals surface area contributed by atoms with Crippen molar-refractivity contribution in [1.29, 1.82) is 0 Å². The number of methoxy groups -OCH3 is 2. The molecule has 0 aliphatic carbocycles. The fourth-order valence-corrected chi connectivity index (χ4v) is 2.57. The zero-order valence-electron chi connectivity index (χ0n) is 12.3. The molecule has 0 saturated carbocycles. The van der Waals surface area contributed by atoms with Gasteiger partial charge in [0, 0.05) is 11.1 Å². The van der Waals surface area contributed by atoms with Gasteiger partial charge in [-0.25, -0.2) is 4.79 Å². The van der Waals surface area contributed by atoms with E-state index in [4.69, 9.17) is 18.9 Å². The zero-order chi connectivity index (χ0) is 15.7. The van der Waals surface area contributed by atoms with Crippen LogP contribution in [0.5, 0.6) is 17.2 Å². The third-order valence-corrected chi connectivity index (χ3v) is 3.64. The summed E-state index contributed by atoms with van der Waals surface area (Å²) in [4.78, 5) is 11.5. The third kappa shape index (κ3) is 2.15. The van der Waals surface area contributed by atoms with Crippen molar-refractivity contribution in [3.63, 3.8) is 0 Å². The van der Waals surface area contributed by atoms with Gasteiger partial charge in [0.1, 0.15) is 13.7 Å². The first-order valence-electron chi connectivity index (χ1n) is 6.67. The molecule has 0 aromatic heterocycles. The molecule has 0 spiro atoms. The van der Waals surface area contributed by atoms with Crippen molar-refractivity contribution < 1.29 is 23.7 Å². The molecule has 1 aliphatic heterocycles. The first-order valence-corrected chi connectivity index (χ1v) is 6.67. The Labute approximate surface area is 128 Å². The lowest BCUT2D eigenvalue weighted by atomic mass is 9.99. The topological polar surface area (TPSA) is 54.0 Å². The van der Waals surface area contributed by atoms with Crippen LogP contribution in [0.1, 0.15) is 15.9 Å². The fraction of sp³-hybridized carbons (Fsp3) is 0.176. The molecule has 5 heteroatoms. The van der Waals surface area contributed by atoms with Gasteiger partial charge in [-0.2, -0.15) is 0 Å². The predicted octanol–water partition coefficient (Wildman–Crippen LogP) is 3.21. The second-order valence-corrected chi connectivity index (χ2v) is 4.77. The Morgan fingerprint density at radius 1 is 1.05 bits per heavy atom. The van der Waals surface area contributed by atoms with Crippen LogP contribution in [0.15, 0.2) is 30.3 Å². The van der Waals surface area contributed by atoms with E-state index < -0.39 is 0 Å². The average molecular weight is 299 g/mol. The molecule has 1 radical (unpaired) electrons. The number of carbonyl (C=O) groups excluding carboxylic acids is 1. The molecule has 22 heavy (non-hydrogen) atoms. The van der Waals surface area contributed by atoms with E-state index in [2.05, 4.69) is 7.11 Å². The van der Waals surface area contributed by atoms with Crippen molar-refractivity contribution >= 4 is 5.97 Å². The Morgan fingerprint density at radius 2 is 1.82 bits per heavy atom. The minimum Gasteiger partial charge on any atom is -0.493 e. The van der Waals surface area contributed by atoms with Gasteiger partial charge < -0.3 is 18.9 Å². The number of hydrogen-bond acceptors (Lipinski definition) is 5. The molecule has 0 unspecified atom stereocenters. The SMILES string of the molecule is [CH2]Oc1c(-c2ccc3c(c2)COC3=O)ccc(OC)c1OC. The Hall–Kier alpha value is -2.69. The first kappa shape index (κ1) is 14.3. The van der Waals surface area contributed by atoms with Crippen LogP contribution in [0.4, 0.5) is 0 Å². The Morgan fingerprint density at radius 3 is 2.50 bits per heavy atom. The molecular weight excluding hydrogens is 284 g/mol. The fourth-order valence-electron chi connectivity index (χ4n) is 2.57. The monoisotopic (exact) mass is 299 g/mol. The number of hydrogen-bond donors (Lipinski definition) is 0. The third-order valence-electron chi connectivity index (χ3n) is 3.64. The number of rotatable bonds is 4. The first-order chi connectivity index (χ1) is 10.7. The van der Waals surface area contributed by atoms with E-state index in [1.54, 1.807) is 26.4 Å². The molecule has 0 amide bonds. The number of cyclic esters (lactones) is 1. The van der Waals surface area contributed by atoms with Crippen molar-refractivity contribution in [1.82, 2.24) is 0 Å². The van der Waals surface area contributed by atoms with E-state index in [0.29, 0.717) is 22.8 Å². The van der Waals surface area contributed by atoms with Gasteiger partial charge in [-0.3, -0.25) is 0 Å². The summed E-state index contributed by atoms with van der Waals surface area (Å²) in [5.74, 6) is 1.22. The lowest BCUT2D eigenvalue weighted by Crippen LogP contribution is -1.97. The van der Waals surface area contributed by atoms with Gasteiger partial charge in [-0.05, 0) is 29.8 Å². The highest BCUT2D eigenvalue weighted by Crippen LogP contribution is 2.44. The molecular formula is C17H15O5. The van der Waals surface area contributed by atoms with Crippen LogP contribution in [0.2, 0.25) is 0 Å². The number of ether oxygens (including phenoxy) is 4. The van der Waals surface area contributed by atoms with Gasteiger partial charge in [0.25, 0.3) is 0 Å². The number of esters is 1. The van der Waals surface area contributed by atoms with Crippen LogP contribution in [0, 0.1) is 7.11 Å². The highest BCUT2D eigenvalue weighted by Gasteiger charge is 2.23. The van der Waals surface area contributed by atoms with E-state index in [-0.39, 0.29) is 12.6 Å². The second kappa shape index (κ2) is 5.60. The molecule has 113 valence electrons. The minimum absolute atomic E-state index is 0.288. The van der Waals surface area contributed by atoms with Crippen molar-refractivity contribution in [2.24, 2.45) is 0 Å². The van der Waals surface area contributed by atoms with Gasteiger partial charge in [-0.15, -0.1) is 0 Å². The van der Waals surface area contributed by atoms with Crippen molar-refractivity contribution in [2.75, 3.05) is 14.2 Å². The smallest absolute Gasteiger partial charge is 0.338 e. The summed E-state index contributed by atoms with van der Waals surface area (Å²) in [5.41, 5.74) is 3.14. The molecule has 0 bridgehead atoms. The van der Waals surface area contributed by atoms with E-state index in [1.165, 1.54) is 0 Å². The summed E-state index contributed by atoms with van der Waals surface area (Å²) in [6.45, 7) is 0.288. The van der Waals surface area contributed by atoms with Crippen LogP contribution >= 0.6 is 0 Å². The van der Waals surface area contributed by atoms with Crippen molar-refractivity contribution in [3.05, 3.63) is 48.6 Å². The minimum atomic E-state index is -0.289. The van der Waals surface area contributed by atoms with Crippen LogP contribution in [0.25, 0.3) is 11.1 Å². The predicted molar refractivity (Wildman–Crippen MR) is 80.1 cm³/mol. The maximum Gasteiger partial charge on any atom is 0.338 e. The normalized spacial score (nSPS) is 12.6. The Kier molecular flexibility index (Phi) is 3.63. The van der Waals surface area contributed by atoms with Gasteiger partial charge in [0.15, 0.2) is 11.5 Å². The van der Waals surface area contributed by atoms with Crippen LogP contribution < -0.4 is 14.2 Å². The molecule has 2 aromatic rings. The summed E-state index contributed by atoms with van der Waals surface area (Å²) >= 11 is 0. The lowest BCUT2D eigenvalue weighted by molar-refractivity contribution is 0.0535. The summed E-state index contributed by atoms with van der Waals surface area (Å²) in [6, 6.07) is 9.16. The van der Waals surface area contributed by atoms with Crippen LogP contribution in [-0.2, 0) is 11.3 Å². The van der Waals surface area contributed by atoms with Crippen molar-refractivity contribution in [3.8, 4) is 28.4 Å². The number of fused-ring (bicyclic) bond motifs is 1. The van der Waals surface area contributed by atoms with Gasteiger partial charge in [0.2, 0.25) is 5.75 Å². The second-order valence-electron chi connectivity index (χ2n) is 4.77. The molecule has 1 heterocycles. The Balaban J connectivity index is 2.14. The Bertz CT molecular complexity index is 736. The molecule has 0 saturated heterocycles. The molecule has 0 N–H and O–H groups in total. The van der Waals surface area contributed by atoms with Gasteiger partial charge in [-0.1, -0.05) is 6.07 Å². The molecule has 0 atom stereocenters. The lowest BCUT2D eigenvalue weighted by Gasteiger charge is -2.16. The summed E-state index contributed by atoms with van der Waals surface area (Å²) in [5, 5.41) is 0. The largest absolute Gasteiger partial charge is 0.493 e. The molecule has 2 aromatic carbocycles. The molecule has 3 rings (SSSR count). The van der Waals surface area contributed by atoms with E-state index in [9.17, 15) is 4.79 Å². The standard InChI is InChI=1S/C17H15O5/c1-19-14-7-6-12(15(20-2)16(14)21-3)10-4-5-13-11(8-10)9-22-17(13)18/h4-8H,2,9H2,1,3H3. The number of benzene rings is 2. The molecule has 1 aliphatic rings. The quantitative estimate of drug-likeness (QED) is 0.811. The summed E-state index contributed by atoms with van der Waals surface area (Å²) in [7, 11) is 6.60. The maximum absolute atomic E-state index is 11.5. The highest BCUT2D eigenvalue weighted by molar-refractivity contribution is 5.94. The van der Waals surface area contributed by atoms with Gasteiger partial charge in [0.05, 0.1) is 19.8 Å². The number of carbonyl (C=O) groups is 1. The highest BCUT2D eigenvalue weighted by atomic mass is 16.5. The van der Waals surface area contributed by atoms with Crippen LogP contribution in [-0.4, -0.2) is 20.2 Å². The van der Waals surface area contributed by atoms with E-state index in [0.717, 1.165) is 16.7 Å². The molecule has 0 fully saturated rings. The van der Waals surface area contributed by atoms with Crippen molar-refractivity contribution in [2.45, 2.75) is 6.61 Å². The molecule has 5 nitrogen and oxygen atoms in total. The summed E-state index contributed by atoms with van der Waals surface area (Å²) < 4.78 is 20.9. The maximum atomic E-state index is 11.5. The zero-order valence-corrected chi connectivity index (χ0v) is 12.3. The van der Waals surface area contributed by atoms with Gasteiger partial charge >= 0.3 is 5.97 Å². The van der Waals surface area contributed by atoms with Crippen LogP contribution in [0.3, 0.4) is 0 Å². The van der Waals surface area contributed by atoms with E-state index >= 15 is 0 Å².